The van der Waals surface area contributed by atoms with E-state index in [1.807, 2.05) is 37.3 Å². The van der Waals surface area contributed by atoms with Gasteiger partial charge in [-0.2, -0.15) is 0 Å². The van der Waals surface area contributed by atoms with Gasteiger partial charge >= 0.3 is 0 Å². The van der Waals surface area contributed by atoms with Gasteiger partial charge in [-0.05, 0) is 35.1 Å². The Bertz CT molecular complexity index is 820. The third kappa shape index (κ3) is 5.44. The summed E-state index contributed by atoms with van der Waals surface area (Å²) in [5.74, 6) is 0. The second-order valence-corrected chi connectivity index (χ2v) is 9.96. The van der Waals surface area contributed by atoms with Crippen molar-refractivity contribution in [1.29, 1.82) is 0 Å². The number of benzene rings is 2. The number of rotatable bonds is 6. The summed E-state index contributed by atoms with van der Waals surface area (Å²) in [6, 6.07) is 15.9. The van der Waals surface area contributed by atoms with Crippen LogP contribution in [0.5, 0.6) is 0 Å². The number of aliphatic hydroxyl groups excluding tert-OH is 3. The largest absolute Gasteiger partial charge is 0.394 e. The molecule has 164 valence electrons. The molecule has 5 atom stereocenters. The lowest BCUT2D eigenvalue weighted by Crippen LogP contribution is -2.58. The maximum atomic E-state index is 11.0. The predicted octanol–water partition coefficient (Wildman–Crippen LogP) is 3.41. The number of aryl methyl sites for hydroxylation is 1. The smallest absolute Gasteiger partial charge is 0.136 e. The molecule has 5 nitrogen and oxygen atoms in total. The third-order valence-corrected chi connectivity index (χ3v) is 6.72. The van der Waals surface area contributed by atoms with Gasteiger partial charge in [-0.3, -0.25) is 0 Å². The minimum absolute atomic E-state index is 0.000204. The van der Waals surface area contributed by atoms with Crippen LogP contribution in [0.1, 0.15) is 37.5 Å². The minimum atomic E-state index is -1.12. The van der Waals surface area contributed by atoms with E-state index < -0.39 is 29.9 Å². The highest BCUT2D eigenvalue weighted by Gasteiger charge is 2.45. The summed E-state index contributed by atoms with van der Waals surface area (Å²) in [5, 5.41) is 31.3. The molecule has 0 unspecified atom stereocenters. The molecule has 2 aromatic rings. The van der Waals surface area contributed by atoms with Crippen molar-refractivity contribution in [2.24, 2.45) is 0 Å². The molecule has 0 aromatic heterocycles. The second-order valence-electron chi connectivity index (χ2n) is 8.82. The molecular weight excluding hydrogens is 400 g/mol. The van der Waals surface area contributed by atoms with Crippen LogP contribution >= 0.6 is 11.8 Å². The van der Waals surface area contributed by atoms with Crippen LogP contribution in [0.25, 0.3) is 0 Å². The van der Waals surface area contributed by atoms with E-state index in [2.05, 4.69) is 39.0 Å². The molecule has 3 N–H and O–H groups in total. The summed E-state index contributed by atoms with van der Waals surface area (Å²) in [6.45, 7) is 8.40. The molecule has 0 spiro atoms. The van der Waals surface area contributed by atoms with Gasteiger partial charge in [-0.15, -0.1) is 0 Å². The van der Waals surface area contributed by atoms with Crippen molar-refractivity contribution in [1.82, 2.24) is 0 Å². The molecule has 6 heteroatoms. The van der Waals surface area contributed by atoms with Crippen LogP contribution in [0.4, 0.5) is 0 Å². The summed E-state index contributed by atoms with van der Waals surface area (Å²) >= 11 is 1.40. The fourth-order valence-corrected chi connectivity index (χ4v) is 4.62. The van der Waals surface area contributed by atoms with Crippen LogP contribution in [0.2, 0.25) is 0 Å². The molecule has 0 bridgehead atoms. The molecule has 0 aliphatic carbocycles. The number of thioether (sulfide) groups is 1. The van der Waals surface area contributed by atoms with E-state index in [0.717, 1.165) is 16.0 Å². The van der Waals surface area contributed by atoms with Crippen LogP contribution in [0, 0.1) is 6.92 Å². The van der Waals surface area contributed by atoms with Crippen molar-refractivity contribution in [3.8, 4) is 0 Å². The highest BCUT2D eigenvalue weighted by Crippen LogP contribution is 2.37. The highest BCUT2D eigenvalue weighted by molar-refractivity contribution is 7.99. The maximum Gasteiger partial charge on any atom is 0.136 e. The first-order chi connectivity index (χ1) is 14.2. The fraction of sp³-hybridized carbons (Fsp3) is 0.500. The standard InChI is InChI=1S/C24H32O5S/c1-15-10-11-17(24(2,3)4)12-19(15)30-23-21(27)22(20(26)18(13-25)29-23)28-14-16-8-6-5-7-9-16/h5-12,18,20-23,25-27H,13-14H2,1-4H3/t18-,20-,21-,22+,23+/m1/s1. The number of aliphatic hydroxyl groups is 3. The van der Waals surface area contributed by atoms with E-state index >= 15 is 0 Å². The van der Waals surface area contributed by atoms with E-state index in [1.165, 1.54) is 17.3 Å². The van der Waals surface area contributed by atoms with E-state index in [-0.39, 0.29) is 18.6 Å². The lowest BCUT2D eigenvalue weighted by molar-refractivity contribution is -0.223. The van der Waals surface area contributed by atoms with Gasteiger partial charge in [-0.1, -0.05) is 75.0 Å². The zero-order valence-corrected chi connectivity index (χ0v) is 18.8. The Balaban J connectivity index is 1.79. The second kappa shape index (κ2) is 9.81. The molecule has 0 radical (unpaired) electrons. The Hall–Kier alpha value is -1.41. The predicted molar refractivity (Wildman–Crippen MR) is 119 cm³/mol. The van der Waals surface area contributed by atoms with Gasteiger partial charge in [0.25, 0.3) is 0 Å². The van der Waals surface area contributed by atoms with Crippen LogP contribution < -0.4 is 0 Å². The Morgan fingerprint density at radius 1 is 1.03 bits per heavy atom. The molecule has 2 aromatic carbocycles. The molecule has 1 aliphatic rings. The summed E-state index contributed by atoms with van der Waals surface area (Å²) in [7, 11) is 0. The quantitative estimate of drug-likeness (QED) is 0.649. The van der Waals surface area contributed by atoms with E-state index in [0.29, 0.717) is 0 Å². The summed E-state index contributed by atoms with van der Waals surface area (Å²) in [4.78, 5) is 1.00. The molecule has 1 aliphatic heterocycles. The Kier molecular flexibility index (Phi) is 7.61. The minimum Gasteiger partial charge on any atom is -0.394 e. The monoisotopic (exact) mass is 432 g/mol. The molecule has 1 saturated heterocycles. The third-order valence-electron chi connectivity index (χ3n) is 5.40. The fourth-order valence-electron chi connectivity index (χ4n) is 3.43. The van der Waals surface area contributed by atoms with Crippen molar-refractivity contribution >= 4 is 11.8 Å². The van der Waals surface area contributed by atoms with Gasteiger partial charge in [0.05, 0.1) is 13.2 Å². The molecule has 1 heterocycles. The molecule has 30 heavy (non-hydrogen) atoms. The average molecular weight is 433 g/mol. The van der Waals surface area contributed by atoms with E-state index in [4.69, 9.17) is 9.47 Å². The molecule has 0 saturated carbocycles. The van der Waals surface area contributed by atoms with Crippen LogP contribution in [-0.4, -0.2) is 51.8 Å². The Morgan fingerprint density at radius 3 is 2.37 bits per heavy atom. The van der Waals surface area contributed by atoms with Crippen LogP contribution in [0.3, 0.4) is 0 Å². The summed E-state index contributed by atoms with van der Waals surface area (Å²) in [6.07, 6.45) is -3.85. The normalized spacial score (nSPS) is 27.2. The van der Waals surface area contributed by atoms with Gasteiger partial charge in [0.1, 0.15) is 29.9 Å². The average Bonchev–Trinajstić information content (AvgIpc) is 2.71. The lowest BCUT2D eigenvalue weighted by Gasteiger charge is -2.42. The van der Waals surface area contributed by atoms with E-state index in [1.54, 1.807) is 0 Å². The zero-order valence-electron chi connectivity index (χ0n) is 18.0. The number of ether oxygens (including phenoxy) is 2. The van der Waals surface area contributed by atoms with Crippen molar-refractivity contribution in [3.05, 3.63) is 65.2 Å². The summed E-state index contributed by atoms with van der Waals surface area (Å²) in [5.41, 5.74) is 2.55. The van der Waals surface area contributed by atoms with Crippen LogP contribution in [-0.2, 0) is 21.5 Å². The number of hydrogen-bond acceptors (Lipinski definition) is 6. The van der Waals surface area contributed by atoms with Gasteiger partial charge in [-0.25, -0.2) is 0 Å². The SMILES string of the molecule is Cc1ccc(C(C)(C)C)cc1S[C@@H]1O[C@H](CO)[C@@H](O)[C@H](OCc2ccccc2)[C@H]1O. The van der Waals surface area contributed by atoms with Crippen LogP contribution in [0.15, 0.2) is 53.4 Å². The first-order valence-corrected chi connectivity index (χ1v) is 11.1. The first-order valence-electron chi connectivity index (χ1n) is 10.3. The molecule has 0 amide bonds. The van der Waals surface area contributed by atoms with Gasteiger partial charge in [0.2, 0.25) is 0 Å². The van der Waals surface area contributed by atoms with Crippen molar-refractivity contribution in [3.63, 3.8) is 0 Å². The maximum absolute atomic E-state index is 11.0. The molecule has 3 rings (SSSR count). The zero-order chi connectivity index (χ0) is 21.9. The lowest BCUT2D eigenvalue weighted by atomic mass is 9.87. The van der Waals surface area contributed by atoms with Gasteiger partial charge in [0, 0.05) is 4.90 Å². The topological polar surface area (TPSA) is 79.2 Å². The summed E-state index contributed by atoms with van der Waals surface area (Å²) < 4.78 is 11.8. The number of hydrogen-bond donors (Lipinski definition) is 3. The van der Waals surface area contributed by atoms with Gasteiger partial charge < -0.3 is 24.8 Å². The Morgan fingerprint density at radius 2 is 1.73 bits per heavy atom. The first kappa shape index (κ1) is 23.3. The highest BCUT2D eigenvalue weighted by atomic mass is 32.2. The Labute approximate surface area is 183 Å². The van der Waals surface area contributed by atoms with Crippen molar-refractivity contribution < 1.29 is 24.8 Å². The van der Waals surface area contributed by atoms with E-state index in [9.17, 15) is 15.3 Å². The molecular formula is C24H32O5S. The van der Waals surface area contributed by atoms with Crippen molar-refractivity contribution in [2.75, 3.05) is 6.61 Å². The molecule has 1 fully saturated rings. The van der Waals surface area contributed by atoms with Crippen molar-refractivity contribution in [2.45, 2.75) is 74.5 Å². The van der Waals surface area contributed by atoms with Gasteiger partial charge in [0.15, 0.2) is 0 Å².